The molecular weight excluding hydrogens is 160 g/mol. The molecular formula is C7H10N2O3. The molecule has 0 bridgehead atoms. The van der Waals surface area contributed by atoms with Gasteiger partial charge in [-0.25, -0.2) is 0 Å². The van der Waals surface area contributed by atoms with E-state index in [1.807, 2.05) is 0 Å². The zero-order valence-corrected chi connectivity index (χ0v) is 6.77. The molecule has 0 heterocycles. The van der Waals surface area contributed by atoms with Crippen molar-refractivity contribution >= 4 is 0 Å². The Balaban J connectivity index is 3.67. The van der Waals surface area contributed by atoms with Gasteiger partial charge in [0.25, 0.3) is 0 Å². The topological polar surface area (TPSA) is 76.2 Å². The molecule has 0 aliphatic heterocycles. The molecule has 5 heteroatoms. The number of nitro groups is 1. The van der Waals surface area contributed by atoms with Crippen LogP contribution in [0.1, 0.15) is 13.3 Å². The largest absolute Gasteiger partial charge is 0.493 e. The van der Waals surface area contributed by atoms with Gasteiger partial charge >= 0.3 is 0 Å². The van der Waals surface area contributed by atoms with Crippen LogP contribution in [-0.4, -0.2) is 17.6 Å². The van der Waals surface area contributed by atoms with Gasteiger partial charge in [0.1, 0.15) is 0 Å². The van der Waals surface area contributed by atoms with Crippen molar-refractivity contribution in [3.63, 3.8) is 0 Å². The SMILES string of the molecule is CCC(CO/C=C/C#N)[N+](=O)[O-]. The fraction of sp³-hybridized carbons (Fsp3) is 0.571. The second kappa shape index (κ2) is 6.16. The predicted molar refractivity (Wildman–Crippen MR) is 41.8 cm³/mol. The summed E-state index contributed by atoms with van der Waals surface area (Å²) in [6, 6.07) is 1.03. The van der Waals surface area contributed by atoms with Gasteiger partial charge in [0.05, 0.1) is 18.4 Å². The lowest BCUT2D eigenvalue weighted by atomic mass is 10.2. The lowest BCUT2D eigenvalue weighted by Crippen LogP contribution is -2.23. The van der Waals surface area contributed by atoms with Crippen LogP contribution in [-0.2, 0) is 4.74 Å². The first-order valence-electron chi connectivity index (χ1n) is 3.52. The van der Waals surface area contributed by atoms with Gasteiger partial charge in [-0.15, -0.1) is 0 Å². The first-order valence-corrected chi connectivity index (χ1v) is 3.52. The molecule has 0 radical (unpaired) electrons. The second-order valence-electron chi connectivity index (χ2n) is 2.11. The third kappa shape index (κ3) is 4.28. The number of hydrogen-bond acceptors (Lipinski definition) is 4. The van der Waals surface area contributed by atoms with Crippen LogP contribution in [0.4, 0.5) is 0 Å². The van der Waals surface area contributed by atoms with E-state index in [0.29, 0.717) is 6.42 Å². The second-order valence-corrected chi connectivity index (χ2v) is 2.11. The van der Waals surface area contributed by atoms with Crippen molar-refractivity contribution in [2.45, 2.75) is 19.4 Å². The molecule has 0 aromatic carbocycles. The van der Waals surface area contributed by atoms with E-state index in [0.717, 1.165) is 12.3 Å². The van der Waals surface area contributed by atoms with Gasteiger partial charge in [0.2, 0.25) is 6.04 Å². The highest BCUT2D eigenvalue weighted by Crippen LogP contribution is 1.96. The van der Waals surface area contributed by atoms with Crippen LogP contribution in [0.3, 0.4) is 0 Å². The molecule has 5 nitrogen and oxygen atoms in total. The molecule has 0 saturated heterocycles. The van der Waals surface area contributed by atoms with Gasteiger partial charge in [-0.1, -0.05) is 6.92 Å². The van der Waals surface area contributed by atoms with Crippen LogP contribution >= 0.6 is 0 Å². The minimum atomic E-state index is -0.687. The lowest BCUT2D eigenvalue weighted by molar-refractivity contribution is -0.525. The van der Waals surface area contributed by atoms with E-state index in [4.69, 9.17) is 10.00 Å². The highest BCUT2D eigenvalue weighted by atomic mass is 16.6. The van der Waals surface area contributed by atoms with E-state index >= 15 is 0 Å². The average Bonchev–Trinajstić information content (AvgIpc) is 2.04. The molecule has 12 heavy (non-hydrogen) atoms. The quantitative estimate of drug-likeness (QED) is 0.268. The van der Waals surface area contributed by atoms with Gasteiger partial charge in [-0.2, -0.15) is 5.26 Å². The van der Waals surface area contributed by atoms with E-state index < -0.39 is 6.04 Å². The normalized spacial score (nSPS) is 12.3. The van der Waals surface area contributed by atoms with E-state index in [-0.39, 0.29) is 11.5 Å². The highest BCUT2D eigenvalue weighted by molar-refractivity contribution is 4.97. The Bertz CT molecular complexity index is 207. The van der Waals surface area contributed by atoms with Gasteiger partial charge in [-0.05, 0) is 0 Å². The third-order valence-electron chi connectivity index (χ3n) is 1.30. The summed E-state index contributed by atoms with van der Waals surface area (Å²) in [5.41, 5.74) is 0. The molecule has 0 aromatic rings. The van der Waals surface area contributed by atoms with Crippen molar-refractivity contribution in [1.82, 2.24) is 0 Å². The standard InChI is InChI=1S/C7H10N2O3/c1-2-7(9(10)11)6-12-5-3-4-8/h3,5,7H,2,6H2,1H3/b5-3+. The fourth-order valence-corrected chi connectivity index (χ4v) is 0.573. The molecule has 0 N–H and O–H groups in total. The van der Waals surface area contributed by atoms with Gasteiger partial charge in [-0.3, -0.25) is 10.1 Å². The summed E-state index contributed by atoms with van der Waals surface area (Å²) in [6.07, 6.45) is 2.71. The molecule has 66 valence electrons. The van der Waals surface area contributed by atoms with Crippen molar-refractivity contribution in [3.8, 4) is 6.07 Å². The van der Waals surface area contributed by atoms with E-state index in [1.54, 1.807) is 13.0 Å². The van der Waals surface area contributed by atoms with Gasteiger partial charge in [0.15, 0.2) is 6.61 Å². The van der Waals surface area contributed by atoms with Crippen molar-refractivity contribution in [2.24, 2.45) is 0 Å². The van der Waals surface area contributed by atoms with Gasteiger partial charge in [0, 0.05) is 11.3 Å². The molecule has 0 saturated carbocycles. The van der Waals surface area contributed by atoms with E-state index in [1.165, 1.54) is 0 Å². The molecule has 1 unspecified atom stereocenters. The third-order valence-corrected chi connectivity index (χ3v) is 1.30. The number of nitrogens with zero attached hydrogens (tertiary/aromatic N) is 2. The smallest absolute Gasteiger partial charge is 0.246 e. The molecule has 1 atom stereocenters. The zero-order valence-electron chi connectivity index (χ0n) is 6.77. The van der Waals surface area contributed by atoms with Gasteiger partial charge < -0.3 is 4.74 Å². The summed E-state index contributed by atoms with van der Waals surface area (Å²) < 4.78 is 4.74. The van der Waals surface area contributed by atoms with Crippen molar-refractivity contribution in [3.05, 3.63) is 22.5 Å². The van der Waals surface area contributed by atoms with Crippen LogP contribution in [0, 0.1) is 21.4 Å². The summed E-state index contributed by atoms with van der Waals surface area (Å²) >= 11 is 0. The van der Waals surface area contributed by atoms with Crippen molar-refractivity contribution < 1.29 is 9.66 Å². The van der Waals surface area contributed by atoms with E-state index in [2.05, 4.69) is 0 Å². The Labute approximate surface area is 70.4 Å². The Morgan fingerprint density at radius 2 is 2.50 bits per heavy atom. The summed E-state index contributed by atoms with van der Waals surface area (Å²) in [6.45, 7) is 1.73. The summed E-state index contributed by atoms with van der Waals surface area (Å²) in [7, 11) is 0. The van der Waals surface area contributed by atoms with Crippen LogP contribution < -0.4 is 0 Å². The average molecular weight is 170 g/mol. The highest BCUT2D eigenvalue weighted by Gasteiger charge is 2.16. The zero-order chi connectivity index (χ0) is 9.40. The first-order chi connectivity index (χ1) is 5.72. The summed E-state index contributed by atoms with van der Waals surface area (Å²) in [5.74, 6) is 0. The van der Waals surface area contributed by atoms with Crippen LogP contribution in [0.5, 0.6) is 0 Å². The number of ether oxygens (including phenoxy) is 1. The maximum absolute atomic E-state index is 10.2. The number of nitriles is 1. The van der Waals surface area contributed by atoms with Crippen molar-refractivity contribution in [2.75, 3.05) is 6.61 Å². The Kier molecular flexibility index (Phi) is 5.35. The first kappa shape index (κ1) is 10.4. The predicted octanol–water partition coefficient (Wildman–Crippen LogP) is 1.10. The summed E-state index contributed by atoms with van der Waals surface area (Å²) in [5, 5.41) is 18.3. The molecule has 0 aromatic heterocycles. The molecule has 0 rings (SSSR count). The molecule has 0 aliphatic rings. The number of hydrogen-bond donors (Lipinski definition) is 0. The van der Waals surface area contributed by atoms with Crippen LogP contribution in [0.15, 0.2) is 12.3 Å². The van der Waals surface area contributed by atoms with Crippen LogP contribution in [0.25, 0.3) is 0 Å². The van der Waals surface area contributed by atoms with E-state index in [9.17, 15) is 10.1 Å². The maximum Gasteiger partial charge on any atom is 0.246 e. The monoisotopic (exact) mass is 170 g/mol. The fourth-order valence-electron chi connectivity index (χ4n) is 0.573. The number of allylic oxidation sites excluding steroid dienone is 1. The Morgan fingerprint density at radius 3 is 2.92 bits per heavy atom. The Morgan fingerprint density at radius 1 is 1.83 bits per heavy atom. The summed E-state index contributed by atoms with van der Waals surface area (Å²) in [4.78, 5) is 9.84. The lowest BCUT2D eigenvalue weighted by Gasteiger charge is -2.04. The minimum Gasteiger partial charge on any atom is -0.493 e. The minimum absolute atomic E-state index is 0.0156. The Hall–Kier alpha value is -1.57. The molecule has 0 spiro atoms. The molecule has 0 amide bonds. The number of rotatable bonds is 5. The van der Waals surface area contributed by atoms with Crippen LogP contribution in [0.2, 0.25) is 0 Å². The maximum atomic E-state index is 10.2. The molecule has 0 fully saturated rings. The molecule has 0 aliphatic carbocycles. The van der Waals surface area contributed by atoms with Crippen molar-refractivity contribution in [1.29, 1.82) is 5.26 Å².